The molecule has 1 aliphatic rings. The summed E-state index contributed by atoms with van der Waals surface area (Å²) in [6, 6.07) is 25.2. The van der Waals surface area contributed by atoms with Gasteiger partial charge in [0.15, 0.2) is 0 Å². The van der Waals surface area contributed by atoms with Gasteiger partial charge in [0.05, 0.1) is 48.8 Å². The maximum absolute atomic E-state index is 12.6. The third-order valence-electron chi connectivity index (χ3n) is 6.55. The Labute approximate surface area is 226 Å². The van der Waals surface area contributed by atoms with Crippen LogP contribution in [0.2, 0.25) is 0 Å². The Morgan fingerprint density at radius 3 is 2.54 bits per heavy atom. The molecule has 1 saturated heterocycles. The van der Waals surface area contributed by atoms with Crippen molar-refractivity contribution in [1.82, 2.24) is 4.57 Å². The monoisotopic (exact) mass is 521 g/mol. The van der Waals surface area contributed by atoms with Gasteiger partial charge in [-0.3, -0.25) is 4.90 Å². The van der Waals surface area contributed by atoms with E-state index < -0.39 is 0 Å². The lowest BCUT2D eigenvalue weighted by atomic mass is 10.1. The van der Waals surface area contributed by atoms with E-state index in [0.29, 0.717) is 22.5 Å². The van der Waals surface area contributed by atoms with Gasteiger partial charge in [0.1, 0.15) is 11.9 Å². The van der Waals surface area contributed by atoms with Gasteiger partial charge in [-0.2, -0.15) is 5.26 Å². The van der Waals surface area contributed by atoms with Gasteiger partial charge in [0.2, 0.25) is 0 Å². The molecule has 39 heavy (non-hydrogen) atoms. The van der Waals surface area contributed by atoms with E-state index in [-0.39, 0.29) is 18.1 Å². The maximum atomic E-state index is 12.6. The lowest BCUT2D eigenvalue weighted by molar-refractivity contribution is 0.0600. The summed E-state index contributed by atoms with van der Waals surface area (Å²) in [6.07, 6.45) is 3.95. The van der Waals surface area contributed by atoms with E-state index in [1.807, 2.05) is 65.5 Å². The molecular formula is C30H27N5O4. The number of urea groups is 1. The Morgan fingerprint density at radius 2 is 1.79 bits per heavy atom. The molecule has 2 heterocycles. The zero-order valence-electron chi connectivity index (χ0n) is 21.6. The highest BCUT2D eigenvalue weighted by Gasteiger charge is 2.29. The van der Waals surface area contributed by atoms with Crippen LogP contribution < -0.4 is 19.9 Å². The first-order valence-electron chi connectivity index (χ1n) is 12.4. The fraction of sp³-hybridized carbons (Fsp3) is 0.167. The van der Waals surface area contributed by atoms with Crippen LogP contribution in [-0.2, 0) is 4.74 Å². The first-order valence-corrected chi connectivity index (χ1v) is 12.4. The van der Waals surface area contributed by atoms with Crippen molar-refractivity contribution in [2.24, 2.45) is 0 Å². The lowest BCUT2D eigenvalue weighted by Crippen LogP contribution is -2.53. The number of anilines is 3. The standard InChI is InChI=1S/C30H27N5O4/c1-33(30(37)32-22-7-5-6-21(16-22)17-31)23-10-12-25(13-11-23)39-26-19-35(20-26)24-14-15-34(18-24)28-9-4-3-8-27(28)29(36)38-2/h3-16,18,26H,19-20H2,1-2H3,(H,32,37). The van der Waals surface area contributed by atoms with Gasteiger partial charge in [0, 0.05) is 30.8 Å². The largest absolute Gasteiger partial charge is 0.487 e. The van der Waals surface area contributed by atoms with Crippen LogP contribution in [-0.4, -0.2) is 49.9 Å². The second-order valence-electron chi connectivity index (χ2n) is 9.11. The Morgan fingerprint density at radius 1 is 1.03 bits per heavy atom. The number of esters is 1. The van der Waals surface area contributed by atoms with E-state index in [1.165, 1.54) is 12.0 Å². The Balaban J connectivity index is 1.15. The van der Waals surface area contributed by atoms with E-state index in [0.717, 1.165) is 30.2 Å². The van der Waals surface area contributed by atoms with E-state index in [9.17, 15) is 9.59 Å². The number of aromatic nitrogens is 1. The molecule has 5 rings (SSSR count). The number of hydrogen-bond donors (Lipinski definition) is 1. The van der Waals surface area contributed by atoms with Crippen LogP contribution in [0.25, 0.3) is 5.69 Å². The number of nitrogens with one attached hydrogen (secondary N) is 1. The minimum atomic E-state index is -0.374. The molecule has 3 aromatic carbocycles. The molecule has 0 saturated carbocycles. The number of carbonyl (C=O) groups is 2. The summed E-state index contributed by atoms with van der Waals surface area (Å²) >= 11 is 0. The number of ether oxygens (including phenoxy) is 2. The molecule has 9 heteroatoms. The van der Waals surface area contributed by atoms with Gasteiger partial charge in [-0.15, -0.1) is 0 Å². The quantitative estimate of drug-likeness (QED) is 0.341. The van der Waals surface area contributed by atoms with Crippen molar-refractivity contribution in [3.8, 4) is 17.5 Å². The van der Waals surface area contributed by atoms with Crippen molar-refractivity contribution >= 4 is 29.1 Å². The number of nitriles is 1. The molecule has 4 aromatic rings. The first kappa shape index (κ1) is 25.4. The van der Waals surface area contributed by atoms with E-state index >= 15 is 0 Å². The fourth-order valence-corrected chi connectivity index (χ4v) is 4.36. The molecule has 0 unspecified atom stereocenters. The SMILES string of the molecule is COC(=O)c1ccccc1-n1ccc(N2CC(Oc3ccc(N(C)C(=O)Nc4cccc(C#N)c4)cc3)C2)c1. The van der Waals surface area contributed by atoms with Crippen molar-refractivity contribution in [2.45, 2.75) is 6.10 Å². The number of benzene rings is 3. The third kappa shape index (κ3) is 5.55. The molecule has 2 amide bonds. The van der Waals surface area contributed by atoms with Crippen LogP contribution in [0.1, 0.15) is 15.9 Å². The van der Waals surface area contributed by atoms with Crippen molar-refractivity contribution in [3.05, 3.63) is 102 Å². The van der Waals surface area contributed by atoms with Gasteiger partial charge in [0.25, 0.3) is 0 Å². The van der Waals surface area contributed by atoms with Crippen LogP contribution in [0.5, 0.6) is 5.75 Å². The highest BCUT2D eigenvalue weighted by atomic mass is 16.5. The molecule has 0 aliphatic carbocycles. The second-order valence-corrected chi connectivity index (χ2v) is 9.11. The van der Waals surface area contributed by atoms with E-state index in [4.69, 9.17) is 14.7 Å². The van der Waals surface area contributed by atoms with Crippen molar-refractivity contribution in [2.75, 3.05) is 42.4 Å². The van der Waals surface area contributed by atoms with Crippen molar-refractivity contribution in [3.63, 3.8) is 0 Å². The maximum Gasteiger partial charge on any atom is 0.339 e. The fourth-order valence-electron chi connectivity index (χ4n) is 4.36. The summed E-state index contributed by atoms with van der Waals surface area (Å²) in [7, 11) is 3.06. The molecule has 196 valence electrons. The Kier molecular flexibility index (Phi) is 7.19. The van der Waals surface area contributed by atoms with Gasteiger partial charge >= 0.3 is 12.0 Å². The van der Waals surface area contributed by atoms with Crippen LogP contribution in [0.15, 0.2) is 91.3 Å². The number of carbonyl (C=O) groups excluding carboxylic acids is 2. The molecule has 0 radical (unpaired) electrons. The lowest BCUT2D eigenvalue weighted by Gasteiger charge is -2.40. The summed E-state index contributed by atoms with van der Waals surface area (Å²) in [4.78, 5) is 28.5. The zero-order chi connectivity index (χ0) is 27.4. The van der Waals surface area contributed by atoms with E-state index in [1.54, 1.807) is 37.4 Å². The van der Waals surface area contributed by atoms with Gasteiger partial charge in [-0.25, -0.2) is 9.59 Å². The van der Waals surface area contributed by atoms with Crippen LogP contribution in [0, 0.1) is 11.3 Å². The molecule has 0 atom stereocenters. The molecular weight excluding hydrogens is 494 g/mol. The van der Waals surface area contributed by atoms with Crippen molar-refractivity contribution in [1.29, 1.82) is 5.26 Å². The van der Waals surface area contributed by atoms with Crippen LogP contribution >= 0.6 is 0 Å². The molecule has 1 aromatic heterocycles. The zero-order valence-corrected chi connectivity index (χ0v) is 21.6. The highest BCUT2D eigenvalue weighted by molar-refractivity contribution is 6.01. The number of para-hydroxylation sites is 1. The Hall–Kier alpha value is -5.23. The number of hydrogen-bond acceptors (Lipinski definition) is 6. The first-order chi connectivity index (χ1) is 18.9. The third-order valence-corrected chi connectivity index (χ3v) is 6.55. The van der Waals surface area contributed by atoms with E-state index in [2.05, 4.69) is 16.3 Å². The summed E-state index contributed by atoms with van der Waals surface area (Å²) in [5.74, 6) is 0.352. The number of nitrogens with zero attached hydrogens (tertiary/aromatic N) is 4. The average Bonchev–Trinajstić information content (AvgIpc) is 3.44. The highest BCUT2D eigenvalue weighted by Crippen LogP contribution is 2.28. The van der Waals surface area contributed by atoms with Crippen LogP contribution in [0.3, 0.4) is 0 Å². The molecule has 1 fully saturated rings. The minimum Gasteiger partial charge on any atom is -0.487 e. The predicted molar refractivity (Wildman–Crippen MR) is 149 cm³/mol. The Bertz CT molecular complexity index is 1530. The summed E-state index contributed by atoms with van der Waals surface area (Å²) < 4.78 is 12.9. The normalized spacial score (nSPS) is 12.7. The van der Waals surface area contributed by atoms with Crippen LogP contribution in [0.4, 0.5) is 21.9 Å². The number of methoxy groups -OCH3 is 1. The van der Waals surface area contributed by atoms with Gasteiger partial charge in [-0.1, -0.05) is 18.2 Å². The molecule has 0 bridgehead atoms. The molecule has 1 N–H and O–H groups in total. The van der Waals surface area contributed by atoms with Gasteiger partial charge in [-0.05, 0) is 60.7 Å². The predicted octanol–water partition coefficient (Wildman–Crippen LogP) is 5.07. The summed E-state index contributed by atoms with van der Waals surface area (Å²) in [6.45, 7) is 1.46. The average molecular weight is 522 g/mol. The number of rotatable bonds is 7. The molecule has 0 spiro atoms. The smallest absolute Gasteiger partial charge is 0.339 e. The summed E-state index contributed by atoms with van der Waals surface area (Å²) in [5.41, 5.74) is 4.05. The minimum absolute atomic E-state index is 0.0370. The van der Waals surface area contributed by atoms with Crippen molar-refractivity contribution < 1.29 is 19.1 Å². The molecule has 1 aliphatic heterocycles. The molecule has 9 nitrogen and oxygen atoms in total. The van der Waals surface area contributed by atoms with Gasteiger partial charge < -0.3 is 24.3 Å². The topological polar surface area (TPSA) is 99.8 Å². The second kappa shape index (κ2) is 11.0. The summed E-state index contributed by atoms with van der Waals surface area (Å²) in [5, 5.41) is 11.8. The number of amides is 2.